The first-order valence-electron chi connectivity index (χ1n) is 11.8. The smallest absolute Gasteiger partial charge is 0.253 e. The van der Waals surface area contributed by atoms with Crippen LogP contribution in [0.3, 0.4) is 0 Å². The molecule has 0 spiro atoms. The number of pyridine rings is 1. The van der Waals surface area contributed by atoms with Crippen molar-refractivity contribution in [2.24, 2.45) is 0 Å². The number of benzene rings is 1. The summed E-state index contributed by atoms with van der Waals surface area (Å²) in [5.74, 6) is -0.211. The predicted molar refractivity (Wildman–Crippen MR) is 140 cm³/mol. The van der Waals surface area contributed by atoms with E-state index in [0.29, 0.717) is 28.6 Å². The van der Waals surface area contributed by atoms with E-state index in [1.54, 1.807) is 6.07 Å². The van der Waals surface area contributed by atoms with Crippen LogP contribution in [0.1, 0.15) is 58.9 Å². The van der Waals surface area contributed by atoms with Crippen LogP contribution >= 0.6 is 24.0 Å². The molecule has 1 amide bonds. The van der Waals surface area contributed by atoms with Gasteiger partial charge in [-0.2, -0.15) is 0 Å². The summed E-state index contributed by atoms with van der Waals surface area (Å²) in [7, 11) is 0. The van der Waals surface area contributed by atoms with Gasteiger partial charge in [-0.05, 0) is 75.3 Å². The van der Waals surface area contributed by atoms with Crippen LogP contribution in [0.15, 0.2) is 35.1 Å². The number of carbonyl (C=O) groups excluding carboxylic acids is 1. The van der Waals surface area contributed by atoms with Gasteiger partial charge in [0.15, 0.2) is 0 Å². The maximum atomic E-state index is 13.4. The number of ether oxygens (including phenoxy) is 1. The Morgan fingerprint density at radius 1 is 1.12 bits per heavy atom. The Morgan fingerprint density at radius 2 is 1.88 bits per heavy atom. The molecule has 2 aliphatic rings. The number of aromatic nitrogens is 1. The van der Waals surface area contributed by atoms with E-state index in [1.807, 2.05) is 19.1 Å². The van der Waals surface area contributed by atoms with E-state index >= 15 is 0 Å². The molecule has 1 saturated heterocycles. The summed E-state index contributed by atoms with van der Waals surface area (Å²) in [6.45, 7) is 6.52. The molecule has 2 N–H and O–H groups in total. The van der Waals surface area contributed by atoms with Crippen LogP contribution in [0.4, 0.5) is 5.69 Å². The second-order valence-corrected chi connectivity index (χ2v) is 9.20. The molecular weight excluding hydrogens is 473 g/mol. The highest BCUT2D eigenvalue weighted by atomic mass is 35.5. The fraction of sp³-hybridized carbons (Fsp3) is 0.462. The van der Waals surface area contributed by atoms with Gasteiger partial charge in [-0.25, -0.2) is 0 Å². The molecule has 0 saturated carbocycles. The number of aryl methyl sites for hydroxylation is 2. The number of anilines is 1. The predicted octanol–water partition coefficient (Wildman–Crippen LogP) is 4.74. The van der Waals surface area contributed by atoms with Crippen molar-refractivity contribution in [2.45, 2.75) is 58.5 Å². The fourth-order valence-corrected chi connectivity index (χ4v) is 5.15. The van der Waals surface area contributed by atoms with Crippen LogP contribution < -0.4 is 15.8 Å². The molecule has 2 aliphatic heterocycles. The first-order chi connectivity index (χ1) is 16.0. The van der Waals surface area contributed by atoms with E-state index in [2.05, 4.69) is 34.3 Å². The third-order valence-electron chi connectivity index (χ3n) is 6.58. The lowest BCUT2D eigenvalue weighted by molar-refractivity contribution is 0.0845. The number of carbonyl (C=O) groups is 1. The fourth-order valence-electron chi connectivity index (χ4n) is 4.94. The molecule has 4 rings (SSSR count). The average molecular weight is 506 g/mol. The molecule has 34 heavy (non-hydrogen) atoms. The molecule has 3 heterocycles. The Labute approximate surface area is 212 Å². The Balaban J connectivity index is 0.00000324. The normalized spacial score (nSPS) is 17.8. The maximum absolute atomic E-state index is 13.4. The van der Waals surface area contributed by atoms with Crippen molar-refractivity contribution in [3.63, 3.8) is 0 Å². The average Bonchev–Trinajstić information content (AvgIpc) is 2.79. The third kappa shape index (κ3) is 5.85. The lowest BCUT2D eigenvalue weighted by Gasteiger charge is -2.37. The lowest BCUT2D eigenvalue weighted by Crippen LogP contribution is -2.40. The quantitative estimate of drug-likeness (QED) is 0.590. The van der Waals surface area contributed by atoms with E-state index in [-0.39, 0.29) is 30.4 Å². The molecule has 6 nitrogen and oxygen atoms in total. The molecule has 0 aliphatic carbocycles. The van der Waals surface area contributed by atoms with Crippen LogP contribution in [0.25, 0.3) is 0 Å². The van der Waals surface area contributed by atoms with Crippen LogP contribution in [0.2, 0.25) is 5.02 Å². The molecule has 1 fully saturated rings. The zero-order chi connectivity index (χ0) is 23.4. The number of hydrogen-bond donors (Lipinski definition) is 2. The van der Waals surface area contributed by atoms with Gasteiger partial charge in [-0.15, -0.1) is 12.4 Å². The zero-order valence-electron chi connectivity index (χ0n) is 19.8. The van der Waals surface area contributed by atoms with Gasteiger partial charge in [0.2, 0.25) is 0 Å². The number of amides is 1. The van der Waals surface area contributed by atoms with Gasteiger partial charge >= 0.3 is 0 Å². The number of nitrogens with zero attached hydrogens (tertiary/aromatic N) is 1. The highest BCUT2D eigenvalue weighted by Gasteiger charge is 2.26. The van der Waals surface area contributed by atoms with Crippen molar-refractivity contribution in [1.82, 2.24) is 10.3 Å². The Hall–Kier alpha value is -2.28. The SMILES string of the molecule is CCN(c1cc(Cl)cc2c1C/C=C\CCc1cc(C)[nH]c(=O)c1CNC2=O)C1CCOCC1.Cl. The van der Waals surface area contributed by atoms with Gasteiger partial charge in [0, 0.05) is 59.9 Å². The van der Waals surface area contributed by atoms with Crippen LogP contribution in [0.5, 0.6) is 0 Å². The van der Waals surface area contributed by atoms with Gasteiger partial charge in [0.05, 0.1) is 0 Å². The standard InChI is InChI=1S/C26H32ClN3O3.ClH/c1-3-30(20-9-11-33-12-10-20)24-15-19(27)14-22-21(24)8-6-4-5-7-18-13-17(2)29-26(32)23(18)16-28-25(22)31;/h4,6,13-15,20H,3,5,7-12,16H2,1-2H3,(H,28,31)(H,29,32);1H/b6-4-;. The van der Waals surface area contributed by atoms with E-state index in [9.17, 15) is 9.59 Å². The molecule has 184 valence electrons. The minimum Gasteiger partial charge on any atom is -0.381 e. The van der Waals surface area contributed by atoms with E-state index in [1.165, 1.54) is 0 Å². The monoisotopic (exact) mass is 505 g/mol. The number of halogens is 2. The Bertz CT molecular complexity index is 1110. The third-order valence-corrected chi connectivity index (χ3v) is 6.79. The topological polar surface area (TPSA) is 74.4 Å². The molecule has 8 heteroatoms. The van der Waals surface area contributed by atoms with Gasteiger partial charge in [-0.3, -0.25) is 9.59 Å². The molecule has 0 bridgehead atoms. The molecule has 1 aromatic heterocycles. The van der Waals surface area contributed by atoms with E-state index in [0.717, 1.165) is 68.0 Å². The first kappa shape index (κ1) is 26.3. The van der Waals surface area contributed by atoms with E-state index in [4.69, 9.17) is 16.3 Å². The Kier molecular flexibility index (Phi) is 9.23. The molecule has 0 unspecified atom stereocenters. The van der Waals surface area contributed by atoms with Crippen LogP contribution in [0, 0.1) is 6.92 Å². The summed E-state index contributed by atoms with van der Waals surface area (Å²) in [6.07, 6.45) is 8.42. The molecule has 1 aromatic carbocycles. The highest BCUT2D eigenvalue weighted by Crippen LogP contribution is 2.33. The van der Waals surface area contributed by atoms with Gasteiger partial charge in [0.1, 0.15) is 0 Å². The molecule has 0 radical (unpaired) electrons. The van der Waals surface area contributed by atoms with Crippen molar-refractivity contribution >= 4 is 35.6 Å². The second-order valence-electron chi connectivity index (χ2n) is 8.76. The number of nitrogens with one attached hydrogen (secondary N) is 2. The largest absolute Gasteiger partial charge is 0.381 e. The highest BCUT2D eigenvalue weighted by molar-refractivity contribution is 6.31. The summed E-state index contributed by atoms with van der Waals surface area (Å²) < 4.78 is 5.57. The van der Waals surface area contributed by atoms with Crippen molar-refractivity contribution < 1.29 is 9.53 Å². The van der Waals surface area contributed by atoms with E-state index < -0.39 is 0 Å². The lowest BCUT2D eigenvalue weighted by atomic mass is 9.96. The number of aromatic amines is 1. The number of rotatable bonds is 3. The van der Waals surface area contributed by atoms with Crippen LogP contribution in [-0.4, -0.2) is 36.7 Å². The van der Waals surface area contributed by atoms with Crippen molar-refractivity contribution in [1.29, 1.82) is 0 Å². The zero-order valence-corrected chi connectivity index (χ0v) is 21.4. The number of fused-ring (bicyclic) bond motifs is 2. The van der Waals surface area contributed by atoms with Crippen molar-refractivity contribution in [3.8, 4) is 0 Å². The van der Waals surface area contributed by atoms with Crippen LogP contribution in [-0.2, 0) is 24.1 Å². The maximum Gasteiger partial charge on any atom is 0.253 e. The summed E-state index contributed by atoms with van der Waals surface area (Å²) in [4.78, 5) is 31.2. The van der Waals surface area contributed by atoms with Gasteiger partial charge in [-0.1, -0.05) is 23.8 Å². The minimum atomic E-state index is -0.211. The van der Waals surface area contributed by atoms with Gasteiger partial charge < -0.3 is 19.9 Å². The second kappa shape index (κ2) is 11.9. The van der Waals surface area contributed by atoms with Crippen molar-refractivity contribution in [2.75, 3.05) is 24.7 Å². The molecule has 0 atom stereocenters. The van der Waals surface area contributed by atoms with Crippen molar-refractivity contribution in [3.05, 3.63) is 73.7 Å². The Morgan fingerprint density at radius 3 is 2.62 bits per heavy atom. The summed E-state index contributed by atoms with van der Waals surface area (Å²) in [5, 5.41) is 3.52. The molecule has 2 aromatic rings. The summed E-state index contributed by atoms with van der Waals surface area (Å²) in [5.41, 5.74) is 4.83. The van der Waals surface area contributed by atoms with Gasteiger partial charge in [0.25, 0.3) is 11.5 Å². The number of H-pyrrole nitrogens is 1. The number of allylic oxidation sites excluding steroid dienone is 2. The summed E-state index contributed by atoms with van der Waals surface area (Å²) >= 11 is 6.53. The first-order valence-corrected chi connectivity index (χ1v) is 12.2. The molecular formula is C26H33Cl2N3O3. The minimum absolute atomic E-state index is 0. The number of hydrogen-bond acceptors (Lipinski definition) is 4. The summed E-state index contributed by atoms with van der Waals surface area (Å²) in [6, 6.07) is 6.08.